The minimum Gasteiger partial charge on any atom is -0.493 e. The van der Waals surface area contributed by atoms with Gasteiger partial charge in [0.25, 0.3) is 5.91 Å². The summed E-state index contributed by atoms with van der Waals surface area (Å²) < 4.78 is 19.9. The average molecular weight is 579 g/mol. The fourth-order valence-corrected chi connectivity index (χ4v) is 6.38. The highest BCUT2D eigenvalue weighted by Gasteiger charge is 2.35. The largest absolute Gasteiger partial charge is 0.493 e. The van der Waals surface area contributed by atoms with Crippen LogP contribution in [0.15, 0.2) is 29.0 Å². The second-order valence-corrected chi connectivity index (χ2v) is 12.3. The highest BCUT2D eigenvalue weighted by atomic mass is 32.1. The highest BCUT2D eigenvalue weighted by Crippen LogP contribution is 2.46. The molecular weight excluding hydrogens is 540 g/mol. The molecule has 10 heteroatoms. The van der Waals surface area contributed by atoms with E-state index in [1.54, 1.807) is 18.4 Å². The van der Waals surface area contributed by atoms with Crippen LogP contribution in [0, 0.1) is 11.8 Å². The van der Waals surface area contributed by atoms with Gasteiger partial charge < -0.3 is 24.0 Å². The van der Waals surface area contributed by atoms with Crippen LogP contribution in [-0.2, 0) is 11.4 Å². The maximum absolute atomic E-state index is 14.0. The second kappa shape index (κ2) is 11.8. The lowest BCUT2D eigenvalue weighted by Crippen LogP contribution is -2.45. The maximum atomic E-state index is 14.0. The van der Waals surface area contributed by atoms with Gasteiger partial charge in [-0.25, -0.2) is 4.68 Å². The number of hydrogen-bond acceptors (Lipinski definition) is 7. The van der Waals surface area contributed by atoms with Gasteiger partial charge in [-0.1, -0.05) is 13.8 Å². The highest BCUT2D eigenvalue weighted by molar-refractivity contribution is 7.08. The van der Waals surface area contributed by atoms with Gasteiger partial charge in [0, 0.05) is 54.7 Å². The first-order valence-electron chi connectivity index (χ1n) is 14.6. The van der Waals surface area contributed by atoms with Crippen molar-refractivity contribution in [3.8, 4) is 34.2 Å². The molecule has 6 rings (SSSR count). The fourth-order valence-electron chi connectivity index (χ4n) is 5.76. The third-order valence-corrected chi connectivity index (χ3v) is 8.99. The number of carbonyl (C=O) groups is 2. The van der Waals surface area contributed by atoms with Crippen molar-refractivity contribution >= 4 is 23.2 Å². The second-order valence-electron chi connectivity index (χ2n) is 11.5. The van der Waals surface area contributed by atoms with Gasteiger partial charge in [-0.05, 0) is 55.5 Å². The smallest absolute Gasteiger partial charge is 0.274 e. The van der Waals surface area contributed by atoms with Crippen LogP contribution in [0.4, 0.5) is 0 Å². The van der Waals surface area contributed by atoms with Crippen LogP contribution in [0.2, 0.25) is 0 Å². The van der Waals surface area contributed by atoms with E-state index in [4.69, 9.17) is 19.3 Å². The van der Waals surface area contributed by atoms with Crippen molar-refractivity contribution < 1.29 is 23.8 Å². The van der Waals surface area contributed by atoms with Crippen LogP contribution in [0.25, 0.3) is 16.9 Å². The minimum atomic E-state index is -0.110. The summed E-state index contributed by atoms with van der Waals surface area (Å²) in [6.45, 7) is 8.03. The van der Waals surface area contributed by atoms with Gasteiger partial charge in [0.2, 0.25) is 5.91 Å². The Morgan fingerprint density at radius 2 is 1.93 bits per heavy atom. The molecule has 0 saturated carbocycles. The first-order chi connectivity index (χ1) is 19.9. The van der Waals surface area contributed by atoms with Gasteiger partial charge in [0.05, 0.1) is 25.1 Å². The number of fused-ring (bicyclic) bond motifs is 3. The van der Waals surface area contributed by atoms with Gasteiger partial charge in [0.1, 0.15) is 12.4 Å². The van der Waals surface area contributed by atoms with Crippen molar-refractivity contribution in [3.05, 3.63) is 40.2 Å². The van der Waals surface area contributed by atoms with E-state index in [0.717, 1.165) is 61.3 Å². The number of amides is 2. The molecule has 2 amide bonds. The van der Waals surface area contributed by atoms with Gasteiger partial charge >= 0.3 is 0 Å². The molecule has 3 aliphatic rings. The summed E-state index contributed by atoms with van der Waals surface area (Å²) in [6.07, 6.45) is 4.32. The van der Waals surface area contributed by atoms with E-state index >= 15 is 0 Å². The molecule has 0 spiro atoms. The van der Waals surface area contributed by atoms with E-state index in [9.17, 15) is 9.59 Å². The summed E-state index contributed by atoms with van der Waals surface area (Å²) in [5, 5.41) is 8.94. The number of rotatable bonds is 8. The average Bonchev–Trinajstić information content (AvgIpc) is 3.53. The van der Waals surface area contributed by atoms with E-state index in [1.807, 2.05) is 43.4 Å². The van der Waals surface area contributed by atoms with Crippen LogP contribution < -0.4 is 14.2 Å². The number of thiophene rings is 1. The van der Waals surface area contributed by atoms with Crippen molar-refractivity contribution in [2.75, 3.05) is 39.9 Å². The quantitative estimate of drug-likeness (QED) is 0.356. The Morgan fingerprint density at radius 3 is 2.63 bits per heavy atom. The third-order valence-electron chi connectivity index (χ3n) is 8.31. The molecule has 2 fully saturated rings. The van der Waals surface area contributed by atoms with Crippen LogP contribution in [-0.4, -0.2) is 71.3 Å². The molecule has 5 heterocycles. The van der Waals surface area contributed by atoms with Crippen molar-refractivity contribution in [1.29, 1.82) is 0 Å². The van der Waals surface area contributed by atoms with E-state index in [2.05, 4.69) is 13.8 Å². The number of nitrogens with zero attached hydrogens (tertiary/aromatic N) is 4. The Morgan fingerprint density at radius 1 is 1.10 bits per heavy atom. The molecule has 9 nitrogen and oxygen atoms in total. The molecule has 2 saturated heterocycles. The molecule has 218 valence electrons. The molecule has 3 aromatic rings. The summed E-state index contributed by atoms with van der Waals surface area (Å²) in [6, 6.07) is 5.81. The monoisotopic (exact) mass is 578 g/mol. The molecular formula is C31H38N4O5S. The lowest BCUT2D eigenvalue weighted by molar-refractivity contribution is -0.139. The zero-order chi connectivity index (χ0) is 28.5. The van der Waals surface area contributed by atoms with Gasteiger partial charge in [-0.15, -0.1) is 0 Å². The summed E-state index contributed by atoms with van der Waals surface area (Å²) >= 11 is 1.58. The van der Waals surface area contributed by atoms with E-state index in [1.165, 1.54) is 0 Å². The predicted octanol–water partition coefficient (Wildman–Crippen LogP) is 5.40. The van der Waals surface area contributed by atoms with E-state index < -0.39 is 0 Å². The van der Waals surface area contributed by atoms with E-state index in [-0.39, 0.29) is 24.3 Å². The molecule has 1 unspecified atom stereocenters. The topological polar surface area (TPSA) is 86.1 Å². The number of benzene rings is 1. The maximum Gasteiger partial charge on any atom is 0.274 e. The molecule has 0 aliphatic carbocycles. The minimum absolute atomic E-state index is 0.00955. The van der Waals surface area contributed by atoms with Gasteiger partial charge in [0.15, 0.2) is 17.2 Å². The molecule has 0 radical (unpaired) electrons. The summed E-state index contributed by atoms with van der Waals surface area (Å²) in [4.78, 5) is 30.7. The SMILES string of the molecule is COc1cc2c(cc1OCCC(C)C)-c1c(c(C(=O)N3CCCC(C(=O)N4CCC4)CC3)nn1-c1ccsc1)CO2. The number of carbonyl (C=O) groups excluding carboxylic acids is 2. The predicted molar refractivity (Wildman–Crippen MR) is 157 cm³/mol. The number of hydrogen-bond donors (Lipinski definition) is 0. The van der Waals surface area contributed by atoms with E-state index in [0.29, 0.717) is 55.0 Å². The molecule has 41 heavy (non-hydrogen) atoms. The number of ether oxygens (including phenoxy) is 3. The number of aromatic nitrogens is 2. The van der Waals surface area contributed by atoms with Crippen molar-refractivity contribution in [1.82, 2.24) is 19.6 Å². The van der Waals surface area contributed by atoms with Crippen molar-refractivity contribution in [2.24, 2.45) is 11.8 Å². The molecule has 3 aliphatic heterocycles. The molecule has 1 aromatic carbocycles. The third kappa shape index (κ3) is 5.41. The molecule has 0 N–H and O–H groups in total. The Bertz CT molecular complexity index is 1410. The first kappa shape index (κ1) is 27.6. The lowest BCUT2D eigenvalue weighted by Gasteiger charge is -2.34. The molecule has 1 atom stereocenters. The van der Waals surface area contributed by atoms with Crippen molar-refractivity contribution in [2.45, 2.75) is 52.6 Å². The molecule has 2 aromatic heterocycles. The lowest BCUT2D eigenvalue weighted by atomic mass is 9.97. The Labute approximate surface area is 245 Å². The Balaban J connectivity index is 1.33. The normalized spacial score (nSPS) is 18.2. The van der Waals surface area contributed by atoms with Crippen LogP contribution in [0.3, 0.4) is 0 Å². The standard InChI is InChI=1S/C31H38N4O5S/c1-20(2)8-14-39-27-16-23-25(17-26(27)38-3)40-18-24-28(32-35(29(23)24)22-9-15-41-19-22)31(37)34-10-4-6-21(7-13-34)30(36)33-11-5-12-33/h9,15-17,19-21H,4-8,10-14,18H2,1-3H3. The zero-order valence-corrected chi connectivity index (χ0v) is 24.9. The summed E-state index contributed by atoms with van der Waals surface area (Å²) in [5.41, 5.74) is 3.73. The number of likely N-dealkylation sites (tertiary alicyclic amines) is 2. The fraction of sp³-hybridized carbons (Fsp3) is 0.516. The first-order valence-corrected chi connectivity index (χ1v) is 15.6. The van der Waals surface area contributed by atoms with Crippen LogP contribution >= 0.6 is 11.3 Å². The Kier molecular flexibility index (Phi) is 7.92. The molecule has 0 bridgehead atoms. The Hall–Kier alpha value is -3.53. The summed E-state index contributed by atoms with van der Waals surface area (Å²) in [5.74, 6) is 2.57. The zero-order valence-electron chi connectivity index (χ0n) is 24.1. The van der Waals surface area contributed by atoms with Gasteiger partial charge in [-0.2, -0.15) is 16.4 Å². The van der Waals surface area contributed by atoms with Crippen LogP contribution in [0.1, 0.15) is 62.0 Å². The summed E-state index contributed by atoms with van der Waals surface area (Å²) in [7, 11) is 1.63. The van der Waals surface area contributed by atoms with Gasteiger partial charge in [-0.3, -0.25) is 9.59 Å². The van der Waals surface area contributed by atoms with Crippen molar-refractivity contribution in [3.63, 3.8) is 0 Å². The number of methoxy groups -OCH3 is 1. The van der Waals surface area contributed by atoms with Crippen LogP contribution in [0.5, 0.6) is 17.2 Å².